The third-order valence-electron chi connectivity index (χ3n) is 2.49. The molecular formula is C12H21N5O. The molecule has 1 heterocycles. The van der Waals surface area contributed by atoms with Crippen LogP contribution in [0.5, 0.6) is 0 Å². The average molecular weight is 251 g/mol. The highest BCUT2D eigenvalue weighted by Gasteiger charge is 2.04. The molecule has 1 atom stereocenters. The lowest BCUT2D eigenvalue weighted by Crippen LogP contribution is -2.46. The summed E-state index contributed by atoms with van der Waals surface area (Å²) in [5.74, 6) is 5.96. The van der Waals surface area contributed by atoms with Gasteiger partial charge in [-0.2, -0.15) is 0 Å². The number of hydrogen-bond donors (Lipinski definition) is 3. The average Bonchev–Trinajstić information content (AvgIpc) is 2.36. The summed E-state index contributed by atoms with van der Waals surface area (Å²) in [6.45, 7) is 5.15. The van der Waals surface area contributed by atoms with Crippen molar-refractivity contribution in [3.8, 4) is 0 Å². The summed E-state index contributed by atoms with van der Waals surface area (Å²) >= 11 is 0. The number of nitrogens with two attached hydrogens (primary N) is 1. The third kappa shape index (κ3) is 4.68. The minimum Gasteiger partial charge on any atom is -0.383 e. The number of aromatic nitrogens is 1. The second-order valence-corrected chi connectivity index (χ2v) is 4.11. The summed E-state index contributed by atoms with van der Waals surface area (Å²) in [5, 5.41) is 3.13. The van der Waals surface area contributed by atoms with Crippen LogP contribution < -0.4 is 16.6 Å². The predicted octanol–water partition coefficient (Wildman–Crippen LogP) is 0.334. The van der Waals surface area contributed by atoms with Crippen molar-refractivity contribution in [2.45, 2.75) is 26.4 Å². The van der Waals surface area contributed by atoms with Gasteiger partial charge in [0.1, 0.15) is 0 Å². The molecule has 100 valence electrons. The molecule has 0 saturated heterocycles. The highest BCUT2D eigenvalue weighted by molar-refractivity contribution is 5.79. The zero-order valence-electron chi connectivity index (χ0n) is 11.1. The molecular weight excluding hydrogens is 230 g/mol. The van der Waals surface area contributed by atoms with E-state index in [1.54, 1.807) is 13.3 Å². The van der Waals surface area contributed by atoms with Crippen LogP contribution in [-0.4, -0.2) is 30.7 Å². The van der Waals surface area contributed by atoms with Gasteiger partial charge in [-0.25, -0.2) is 10.8 Å². The lowest BCUT2D eigenvalue weighted by Gasteiger charge is -2.15. The van der Waals surface area contributed by atoms with Crippen LogP contribution in [0.2, 0.25) is 0 Å². The van der Waals surface area contributed by atoms with Gasteiger partial charge in [0.25, 0.3) is 0 Å². The van der Waals surface area contributed by atoms with E-state index in [4.69, 9.17) is 10.6 Å². The van der Waals surface area contributed by atoms with E-state index in [2.05, 4.69) is 20.7 Å². The van der Waals surface area contributed by atoms with Gasteiger partial charge in [0.05, 0.1) is 13.2 Å². The summed E-state index contributed by atoms with van der Waals surface area (Å²) in [4.78, 5) is 8.45. The first-order valence-corrected chi connectivity index (χ1v) is 5.83. The van der Waals surface area contributed by atoms with Crippen molar-refractivity contribution >= 4 is 5.96 Å². The topological polar surface area (TPSA) is 84.6 Å². The van der Waals surface area contributed by atoms with Crippen LogP contribution in [0.15, 0.2) is 23.5 Å². The molecule has 6 nitrogen and oxygen atoms in total. The van der Waals surface area contributed by atoms with Crippen LogP contribution >= 0.6 is 0 Å². The van der Waals surface area contributed by atoms with E-state index in [0.717, 1.165) is 11.1 Å². The molecule has 0 aliphatic heterocycles. The summed E-state index contributed by atoms with van der Waals surface area (Å²) in [5.41, 5.74) is 4.78. The Morgan fingerprint density at radius 1 is 1.61 bits per heavy atom. The van der Waals surface area contributed by atoms with Gasteiger partial charge < -0.3 is 10.1 Å². The maximum absolute atomic E-state index is 5.42. The van der Waals surface area contributed by atoms with Crippen LogP contribution in [0.4, 0.5) is 0 Å². The molecule has 18 heavy (non-hydrogen) atoms. The SMILES string of the molecule is COCC(C)NC(=NCc1cnccc1C)NN. The Balaban J connectivity index is 2.60. The van der Waals surface area contributed by atoms with Crippen molar-refractivity contribution < 1.29 is 4.74 Å². The van der Waals surface area contributed by atoms with Crippen molar-refractivity contribution in [3.63, 3.8) is 0 Å². The fraction of sp³-hybridized carbons (Fsp3) is 0.500. The number of ether oxygens (including phenoxy) is 1. The molecule has 0 aliphatic rings. The predicted molar refractivity (Wildman–Crippen MR) is 71.9 cm³/mol. The van der Waals surface area contributed by atoms with Gasteiger partial charge in [0.15, 0.2) is 0 Å². The van der Waals surface area contributed by atoms with E-state index in [9.17, 15) is 0 Å². The molecule has 0 aliphatic carbocycles. The molecule has 0 aromatic carbocycles. The molecule has 0 radical (unpaired) electrons. The standard InChI is InChI=1S/C12H21N5O/c1-9-4-5-14-6-11(9)7-15-12(17-13)16-10(2)8-18-3/h4-6,10H,7-8,13H2,1-3H3,(H2,15,16,17). The van der Waals surface area contributed by atoms with Crippen LogP contribution in [0, 0.1) is 6.92 Å². The molecule has 0 fully saturated rings. The van der Waals surface area contributed by atoms with Crippen LogP contribution in [-0.2, 0) is 11.3 Å². The minimum atomic E-state index is 0.139. The smallest absolute Gasteiger partial charge is 0.206 e. The molecule has 0 amide bonds. The molecule has 1 aromatic rings. The monoisotopic (exact) mass is 251 g/mol. The van der Waals surface area contributed by atoms with Gasteiger partial charge in [-0.05, 0) is 31.0 Å². The molecule has 1 unspecified atom stereocenters. The number of nitrogens with zero attached hydrogens (tertiary/aromatic N) is 2. The van der Waals surface area contributed by atoms with E-state index in [0.29, 0.717) is 19.1 Å². The number of rotatable bonds is 5. The molecule has 6 heteroatoms. The van der Waals surface area contributed by atoms with Gasteiger partial charge in [-0.15, -0.1) is 0 Å². The fourth-order valence-electron chi connectivity index (χ4n) is 1.48. The van der Waals surface area contributed by atoms with Crippen LogP contribution in [0.25, 0.3) is 0 Å². The molecule has 1 rings (SSSR count). The van der Waals surface area contributed by atoms with Gasteiger partial charge in [0, 0.05) is 25.5 Å². The Morgan fingerprint density at radius 2 is 2.39 bits per heavy atom. The second-order valence-electron chi connectivity index (χ2n) is 4.11. The quantitative estimate of drug-likeness (QED) is 0.304. The number of methoxy groups -OCH3 is 1. The Hall–Kier alpha value is -1.66. The third-order valence-corrected chi connectivity index (χ3v) is 2.49. The summed E-state index contributed by atoms with van der Waals surface area (Å²) in [6.07, 6.45) is 3.58. The van der Waals surface area contributed by atoms with Crippen molar-refractivity contribution in [1.29, 1.82) is 0 Å². The number of guanidine groups is 1. The number of aliphatic imine (C=N–C) groups is 1. The Kier molecular flexibility index (Phi) is 6.10. The van der Waals surface area contributed by atoms with Crippen molar-refractivity contribution in [1.82, 2.24) is 15.7 Å². The highest BCUT2D eigenvalue weighted by Crippen LogP contribution is 2.05. The minimum absolute atomic E-state index is 0.139. The summed E-state index contributed by atoms with van der Waals surface area (Å²) < 4.78 is 5.03. The van der Waals surface area contributed by atoms with Crippen LogP contribution in [0.3, 0.4) is 0 Å². The number of aryl methyl sites for hydroxylation is 1. The number of nitrogens with one attached hydrogen (secondary N) is 2. The zero-order chi connectivity index (χ0) is 13.4. The van der Waals surface area contributed by atoms with E-state index >= 15 is 0 Å². The van der Waals surface area contributed by atoms with Crippen molar-refractivity contribution in [2.75, 3.05) is 13.7 Å². The van der Waals surface area contributed by atoms with E-state index < -0.39 is 0 Å². The van der Waals surface area contributed by atoms with Gasteiger partial charge in [0.2, 0.25) is 5.96 Å². The molecule has 0 spiro atoms. The lowest BCUT2D eigenvalue weighted by molar-refractivity contribution is 0.179. The lowest BCUT2D eigenvalue weighted by atomic mass is 10.2. The Labute approximate surface area is 108 Å². The van der Waals surface area contributed by atoms with E-state index in [-0.39, 0.29) is 6.04 Å². The van der Waals surface area contributed by atoms with Gasteiger partial charge in [-0.1, -0.05) is 0 Å². The maximum Gasteiger partial charge on any atom is 0.206 e. The molecule has 0 saturated carbocycles. The zero-order valence-corrected chi connectivity index (χ0v) is 11.1. The van der Waals surface area contributed by atoms with Crippen molar-refractivity contribution in [2.24, 2.45) is 10.8 Å². The number of pyridine rings is 1. The van der Waals surface area contributed by atoms with Crippen LogP contribution in [0.1, 0.15) is 18.1 Å². The largest absolute Gasteiger partial charge is 0.383 e. The Morgan fingerprint density at radius 3 is 3.00 bits per heavy atom. The molecule has 0 bridgehead atoms. The normalized spacial score (nSPS) is 13.2. The first-order chi connectivity index (χ1) is 8.67. The van der Waals surface area contributed by atoms with Gasteiger partial charge in [-0.3, -0.25) is 10.4 Å². The second kappa shape index (κ2) is 7.62. The number of hydrogen-bond acceptors (Lipinski definition) is 4. The maximum atomic E-state index is 5.42. The Bertz CT molecular complexity index is 394. The first kappa shape index (κ1) is 14.4. The molecule has 1 aromatic heterocycles. The van der Waals surface area contributed by atoms with E-state index in [1.165, 1.54) is 0 Å². The summed E-state index contributed by atoms with van der Waals surface area (Å²) in [7, 11) is 1.66. The molecule has 4 N–H and O–H groups in total. The summed E-state index contributed by atoms with van der Waals surface area (Å²) in [6, 6.07) is 2.10. The van der Waals surface area contributed by atoms with Crippen molar-refractivity contribution in [3.05, 3.63) is 29.6 Å². The van der Waals surface area contributed by atoms with Gasteiger partial charge >= 0.3 is 0 Å². The highest BCUT2D eigenvalue weighted by atomic mass is 16.5. The first-order valence-electron chi connectivity index (χ1n) is 5.83. The fourth-order valence-corrected chi connectivity index (χ4v) is 1.48. The number of hydrazine groups is 1. The van der Waals surface area contributed by atoms with E-state index in [1.807, 2.05) is 26.1 Å².